The van der Waals surface area contributed by atoms with Gasteiger partial charge >= 0.3 is 11.9 Å². The van der Waals surface area contributed by atoms with Crippen LogP contribution in [-0.4, -0.2) is 45.2 Å². The molecule has 0 amide bonds. The van der Waals surface area contributed by atoms with Crippen LogP contribution in [0.1, 0.15) is 6.92 Å². The van der Waals surface area contributed by atoms with Gasteiger partial charge in [0.1, 0.15) is 12.1 Å². The normalized spacial score (nSPS) is 17.1. The van der Waals surface area contributed by atoms with Gasteiger partial charge in [-0.2, -0.15) is 11.8 Å². The summed E-state index contributed by atoms with van der Waals surface area (Å²) < 4.78 is 0. The summed E-state index contributed by atoms with van der Waals surface area (Å²) in [7, 11) is 0. The van der Waals surface area contributed by atoms with Crippen molar-refractivity contribution in [1.82, 2.24) is 0 Å². The third kappa shape index (κ3) is 4.45. The molecule has 0 heterocycles. The first-order valence-electron chi connectivity index (χ1n) is 3.94. The average molecular weight is 222 g/mol. The predicted molar refractivity (Wildman–Crippen MR) is 53.1 cm³/mol. The zero-order valence-electron chi connectivity index (χ0n) is 7.71. The van der Waals surface area contributed by atoms with Crippen molar-refractivity contribution in [2.75, 3.05) is 5.75 Å². The van der Waals surface area contributed by atoms with Gasteiger partial charge in [-0.25, -0.2) is 0 Å². The van der Waals surface area contributed by atoms with Gasteiger partial charge in [-0.05, 0) is 0 Å². The first kappa shape index (κ1) is 13.2. The number of aliphatic carboxylic acids is 2. The molecule has 3 atom stereocenters. The smallest absolute Gasteiger partial charge is 0.321 e. The highest BCUT2D eigenvalue weighted by Gasteiger charge is 2.22. The molecule has 0 bridgehead atoms. The zero-order chi connectivity index (χ0) is 11.3. The Morgan fingerprint density at radius 3 is 2.14 bits per heavy atom. The molecule has 14 heavy (non-hydrogen) atoms. The van der Waals surface area contributed by atoms with E-state index in [0.717, 1.165) is 11.8 Å². The molecule has 82 valence electrons. The van der Waals surface area contributed by atoms with Gasteiger partial charge in [0, 0.05) is 11.0 Å². The van der Waals surface area contributed by atoms with Crippen molar-refractivity contribution in [3.05, 3.63) is 0 Å². The molecule has 0 aromatic carbocycles. The molecule has 0 rings (SSSR count). The van der Waals surface area contributed by atoms with Crippen LogP contribution in [0, 0.1) is 0 Å². The lowest BCUT2D eigenvalue weighted by Gasteiger charge is -2.16. The monoisotopic (exact) mass is 222 g/mol. The Kier molecular flexibility index (Phi) is 5.51. The predicted octanol–water partition coefficient (Wildman–Crippen LogP) is -1.07. The fraction of sp³-hybridized carbons (Fsp3) is 0.714. The molecule has 0 aliphatic heterocycles. The van der Waals surface area contributed by atoms with E-state index in [-0.39, 0.29) is 11.0 Å². The van der Waals surface area contributed by atoms with Gasteiger partial charge in [0.2, 0.25) is 0 Å². The van der Waals surface area contributed by atoms with Crippen molar-refractivity contribution in [3.63, 3.8) is 0 Å². The van der Waals surface area contributed by atoms with E-state index >= 15 is 0 Å². The van der Waals surface area contributed by atoms with Crippen molar-refractivity contribution in [2.45, 2.75) is 24.3 Å². The molecule has 0 aliphatic carbocycles. The lowest BCUT2D eigenvalue weighted by Crippen LogP contribution is -2.40. The van der Waals surface area contributed by atoms with Crippen LogP contribution in [0.25, 0.3) is 0 Å². The maximum atomic E-state index is 10.4. The van der Waals surface area contributed by atoms with Gasteiger partial charge in [0.25, 0.3) is 0 Å². The fourth-order valence-corrected chi connectivity index (χ4v) is 1.61. The molecule has 0 unspecified atom stereocenters. The molecular weight excluding hydrogens is 208 g/mol. The van der Waals surface area contributed by atoms with Crippen molar-refractivity contribution in [3.8, 4) is 0 Å². The van der Waals surface area contributed by atoms with E-state index in [9.17, 15) is 9.59 Å². The van der Waals surface area contributed by atoms with Crippen LogP contribution in [0.3, 0.4) is 0 Å². The van der Waals surface area contributed by atoms with Crippen LogP contribution in [0.15, 0.2) is 0 Å². The first-order chi connectivity index (χ1) is 6.36. The van der Waals surface area contributed by atoms with Crippen molar-refractivity contribution < 1.29 is 19.8 Å². The van der Waals surface area contributed by atoms with Crippen molar-refractivity contribution in [1.29, 1.82) is 0 Å². The number of hydrogen-bond donors (Lipinski definition) is 4. The SMILES string of the molecule is C[C@H](SC[C@H](N)C(=O)O)[C@@H](N)C(=O)O. The molecule has 0 aromatic heterocycles. The van der Waals surface area contributed by atoms with Crippen LogP contribution >= 0.6 is 11.8 Å². The second-order valence-corrected chi connectivity index (χ2v) is 4.26. The zero-order valence-corrected chi connectivity index (χ0v) is 8.53. The van der Waals surface area contributed by atoms with Gasteiger partial charge in [-0.1, -0.05) is 6.92 Å². The average Bonchev–Trinajstić information content (AvgIpc) is 2.11. The topological polar surface area (TPSA) is 127 Å². The van der Waals surface area contributed by atoms with E-state index in [2.05, 4.69) is 0 Å². The fourth-order valence-electron chi connectivity index (χ4n) is 0.631. The molecule has 0 spiro atoms. The number of carboxylic acid groups (broad SMARTS) is 2. The minimum atomic E-state index is -1.10. The molecule has 6 N–H and O–H groups in total. The number of nitrogens with two attached hydrogens (primary N) is 2. The molecule has 6 nitrogen and oxygen atoms in total. The van der Waals surface area contributed by atoms with E-state index in [1.165, 1.54) is 0 Å². The van der Waals surface area contributed by atoms with Crippen LogP contribution in [0.4, 0.5) is 0 Å². The van der Waals surface area contributed by atoms with E-state index in [0.29, 0.717) is 0 Å². The van der Waals surface area contributed by atoms with E-state index in [1.807, 2.05) is 0 Å². The third-order valence-electron chi connectivity index (χ3n) is 1.65. The molecule has 7 heteroatoms. The third-order valence-corrected chi connectivity index (χ3v) is 3.02. The highest BCUT2D eigenvalue weighted by Crippen LogP contribution is 2.14. The van der Waals surface area contributed by atoms with Crippen LogP contribution in [-0.2, 0) is 9.59 Å². The maximum Gasteiger partial charge on any atom is 0.321 e. The summed E-state index contributed by atoms with van der Waals surface area (Å²) in [5.41, 5.74) is 10.5. The van der Waals surface area contributed by atoms with Crippen molar-refractivity contribution >= 4 is 23.7 Å². The summed E-state index contributed by atoms with van der Waals surface area (Å²) >= 11 is 1.14. The summed E-state index contributed by atoms with van der Waals surface area (Å²) in [5.74, 6) is -2.06. The summed E-state index contributed by atoms with van der Waals surface area (Å²) in [6, 6.07) is -1.98. The van der Waals surface area contributed by atoms with Gasteiger partial charge < -0.3 is 21.7 Å². The Bertz CT molecular complexity index is 224. The van der Waals surface area contributed by atoms with Gasteiger partial charge in [-0.15, -0.1) is 0 Å². The molecule has 0 radical (unpaired) electrons. The van der Waals surface area contributed by atoms with E-state index in [4.69, 9.17) is 21.7 Å². The summed E-state index contributed by atoms with van der Waals surface area (Å²) in [6.07, 6.45) is 0. The number of carbonyl (C=O) groups is 2. The molecule has 0 aromatic rings. The Morgan fingerprint density at radius 1 is 1.29 bits per heavy atom. The minimum Gasteiger partial charge on any atom is -0.480 e. The quantitative estimate of drug-likeness (QED) is 0.450. The lowest BCUT2D eigenvalue weighted by atomic mass is 10.2. The summed E-state index contributed by atoms with van der Waals surface area (Å²) in [4.78, 5) is 20.8. The van der Waals surface area contributed by atoms with Crippen molar-refractivity contribution in [2.24, 2.45) is 11.5 Å². The number of hydrogen-bond acceptors (Lipinski definition) is 5. The standard InChI is InChI=1S/C7H14N2O4S/c1-3(5(9)7(12)13)14-2-4(8)6(10)11/h3-5H,2,8-9H2,1H3,(H,10,11)(H,12,13)/t3-,4-,5+/m0/s1. The van der Waals surface area contributed by atoms with Gasteiger partial charge in [-0.3, -0.25) is 9.59 Å². The summed E-state index contributed by atoms with van der Waals surface area (Å²) in [5, 5.41) is 16.6. The number of rotatable bonds is 6. The second-order valence-electron chi connectivity index (χ2n) is 2.85. The minimum absolute atomic E-state index is 0.150. The molecule has 0 saturated heterocycles. The van der Waals surface area contributed by atoms with Crippen LogP contribution < -0.4 is 11.5 Å². The van der Waals surface area contributed by atoms with E-state index in [1.54, 1.807) is 6.92 Å². The Morgan fingerprint density at radius 2 is 1.79 bits per heavy atom. The second kappa shape index (κ2) is 5.84. The van der Waals surface area contributed by atoms with Crippen LogP contribution in [0.5, 0.6) is 0 Å². The van der Waals surface area contributed by atoms with E-state index < -0.39 is 24.0 Å². The highest BCUT2D eigenvalue weighted by atomic mass is 32.2. The Labute approximate surface area is 85.6 Å². The highest BCUT2D eigenvalue weighted by molar-refractivity contribution is 8.00. The summed E-state index contributed by atoms with van der Waals surface area (Å²) in [6.45, 7) is 1.62. The Balaban J connectivity index is 3.90. The van der Waals surface area contributed by atoms with Gasteiger partial charge in [0.05, 0.1) is 0 Å². The van der Waals surface area contributed by atoms with Gasteiger partial charge in [0.15, 0.2) is 0 Å². The largest absolute Gasteiger partial charge is 0.480 e. The van der Waals surface area contributed by atoms with Crippen LogP contribution in [0.2, 0.25) is 0 Å². The molecule has 0 fully saturated rings. The molecule has 0 saturated carbocycles. The lowest BCUT2D eigenvalue weighted by molar-refractivity contribution is -0.139. The molecular formula is C7H14N2O4S. The number of carboxylic acids is 2. The Hall–Kier alpha value is -0.790. The first-order valence-corrected chi connectivity index (χ1v) is 4.99. The molecule has 0 aliphatic rings. The maximum absolute atomic E-state index is 10.4. The number of thioether (sulfide) groups is 1.